The van der Waals surface area contributed by atoms with Crippen LogP contribution < -0.4 is 36.1 Å². The third kappa shape index (κ3) is 14.2. The summed E-state index contributed by atoms with van der Waals surface area (Å²) in [5.74, 6) is -0.541. The summed E-state index contributed by atoms with van der Waals surface area (Å²) in [6.07, 6.45) is 4.95. The largest absolute Gasteiger partial charge is 0.491 e. The fourth-order valence-corrected chi connectivity index (χ4v) is 11.3. The Hall–Kier alpha value is -7.37. The molecule has 0 bridgehead atoms. The molecular formula is C61H75FN12O8S. The molecule has 1 aliphatic carbocycles. The number of aryl methyl sites for hydroxylation is 1. The quantitative estimate of drug-likeness (QED) is 0.0300. The van der Waals surface area contributed by atoms with Crippen LogP contribution in [0.15, 0.2) is 84.6 Å². The Morgan fingerprint density at radius 1 is 0.940 bits per heavy atom. The number of β-amino-alcohol motifs (C(OH)–C–C–N with tert-alkyl or cyclic N) is 1. The number of hydrogen-bond acceptors (Lipinski definition) is 17. The van der Waals surface area contributed by atoms with E-state index in [4.69, 9.17) is 33.9 Å². The van der Waals surface area contributed by atoms with Crippen LogP contribution in [0.2, 0.25) is 0 Å². The number of aliphatic hydroxyl groups is 1. The number of amides is 3. The number of carbonyl (C=O) groups excluding carboxylic acids is 3. The molecule has 22 heteroatoms. The number of likely N-dealkylation sites (tertiary alicyclic amines) is 1. The van der Waals surface area contributed by atoms with Gasteiger partial charge in [-0.15, -0.1) is 11.3 Å². The van der Waals surface area contributed by atoms with E-state index in [1.807, 2.05) is 55.7 Å². The Kier molecular flexibility index (Phi) is 18.5. The monoisotopic (exact) mass is 1150 g/mol. The van der Waals surface area contributed by atoms with Crippen molar-refractivity contribution in [1.29, 1.82) is 0 Å². The number of thiazole rings is 1. The Morgan fingerprint density at radius 2 is 1.75 bits per heavy atom. The van der Waals surface area contributed by atoms with Crippen LogP contribution in [0.25, 0.3) is 38.1 Å². The smallest absolute Gasteiger partial charge is 0.322 e. The highest BCUT2D eigenvalue weighted by Gasteiger charge is 2.53. The van der Waals surface area contributed by atoms with Gasteiger partial charge in [0.2, 0.25) is 17.8 Å². The van der Waals surface area contributed by atoms with Crippen LogP contribution in [0.5, 0.6) is 11.8 Å². The number of nitrogens with zero attached hydrogens (tertiary/aromatic N) is 7. The van der Waals surface area contributed by atoms with Crippen LogP contribution in [0.1, 0.15) is 95.0 Å². The molecule has 7 aromatic rings. The van der Waals surface area contributed by atoms with Crippen molar-refractivity contribution in [3.8, 4) is 33.5 Å². The average Bonchev–Trinajstić information content (AvgIpc) is 3.97. The van der Waals surface area contributed by atoms with Gasteiger partial charge in [-0.05, 0) is 91.3 Å². The van der Waals surface area contributed by atoms with Crippen LogP contribution >= 0.6 is 11.3 Å². The number of aliphatic hydroxyl groups excluding tert-OH is 1. The topological polar surface area (TPSA) is 241 Å². The molecule has 1 saturated carbocycles. The maximum Gasteiger partial charge on any atom is 0.322 e. The van der Waals surface area contributed by atoms with E-state index >= 15 is 0 Å². The Labute approximate surface area is 486 Å². The number of anilines is 2. The molecule has 4 atom stereocenters. The molecule has 20 nitrogen and oxygen atoms in total. The van der Waals surface area contributed by atoms with Crippen LogP contribution in [-0.2, 0) is 36.9 Å². The van der Waals surface area contributed by atoms with Gasteiger partial charge in [0.05, 0.1) is 60.5 Å². The van der Waals surface area contributed by atoms with Crippen LogP contribution in [0, 0.1) is 12.3 Å². The van der Waals surface area contributed by atoms with Crippen molar-refractivity contribution in [3.05, 3.63) is 107 Å². The lowest BCUT2D eigenvalue weighted by atomic mass is 9.85. The van der Waals surface area contributed by atoms with Gasteiger partial charge in [0.15, 0.2) is 11.3 Å². The molecule has 6 heterocycles. The van der Waals surface area contributed by atoms with Gasteiger partial charge in [-0.2, -0.15) is 19.6 Å². The van der Waals surface area contributed by atoms with Gasteiger partial charge in [-0.3, -0.25) is 19.4 Å². The predicted molar refractivity (Wildman–Crippen MR) is 316 cm³/mol. The van der Waals surface area contributed by atoms with Crippen molar-refractivity contribution < 1.29 is 42.8 Å². The van der Waals surface area contributed by atoms with Crippen molar-refractivity contribution in [2.75, 3.05) is 69.8 Å². The summed E-state index contributed by atoms with van der Waals surface area (Å²) in [7, 11) is 0. The highest BCUT2D eigenvalue weighted by Crippen LogP contribution is 2.41. The van der Waals surface area contributed by atoms with E-state index in [0.29, 0.717) is 56.2 Å². The first-order valence-corrected chi connectivity index (χ1v) is 29.6. The van der Waals surface area contributed by atoms with Gasteiger partial charge in [-0.1, -0.05) is 77.1 Å². The lowest BCUT2D eigenvalue weighted by molar-refractivity contribution is -0.145. The number of carbonyl (C=O) groups is 3. The summed E-state index contributed by atoms with van der Waals surface area (Å²) in [6, 6.07) is 20.5. The van der Waals surface area contributed by atoms with Gasteiger partial charge in [0, 0.05) is 73.1 Å². The van der Waals surface area contributed by atoms with E-state index in [-0.39, 0.29) is 57.6 Å². The number of hydrogen-bond donors (Lipinski definition) is 6. The summed E-state index contributed by atoms with van der Waals surface area (Å²) in [5.41, 5.74) is 7.12. The zero-order valence-electron chi connectivity index (χ0n) is 48.0. The van der Waals surface area contributed by atoms with Gasteiger partial charge >= 0.3 is 6.01 Å². The van der Waals surface area contributed by atoms with E-state index in [0.717, 1.165) is 86.6 Å². The molecule has 3 amide bonds. The first kappa shape index (κ1) is 58.8. The van der Waals surface area contributed by atoms with Crippen molar-refractivity contribution in [1.82, 2.24) is 50.4 Å². The van der Waals surface area contributed by atoms with Crippen molar-refractivity contribution in [2.24, 2.45) is 5.41 Å². The van der Waals surface area contributed by atoms with E-state index < -0.39 is 47.0 Å². The molecule has 4 aromatic heterocycles. The SMILES string of the molecule is Cc1ncsc1-c1ccc(CNC(=O)[C@@H]2C[C@@H](O)CN2C(=O)[C@@H](NC(=O)C2(F)CC2)C(C)(C)C)c(OCCOCCOCCNc2ccc3c(-c4ccccc4CNc4nc(OC5CCCNC5)nc5c(C(C)C)cnn45)nccc3c2)c1. The maximum absolute atomic E-state index is 14.7. The number of ether oxygens (including phenoxy) is 4. The standard InChI is InChI=1S/C61H75FN12O8S/c1-37(2)48-34-69-74-54(48)71-59(82-45-11-9-20-63-33-45)72-58(74)67-31-41-10-7-8-12-46(41)51-47-16-15-43(28-39(47)17-21-65-51)64-22-23-79-24-25-80-26-27-81-50-29-40(52-38(3)68-36-83-52)13-14-42(50)32-66-55(76)49-30-44(75)35-73(49)56(77)53(60(4,5)6)70-57(78)61(62)18-19-61/h7-8,10,12-17,21,28-29,34,36-37,44-45,49,53,63-64,75H,9,11,18-20,22-27,30-33,35H2,1-6H3,(H,66,76)(H,70,78)(H,67,71,72)/t44-,45?,49+,53-/m1/s1. The van der Waals surface area contributed by atoms with Crippen LogP contribution in [0.3, 0.4) is 0 Å². The number of piperidine rings is 1. The molecule has 3 aliphatic rings. The number of aromatic nitrogens is 6. The molecule has 6 N–H and O–H groups in total. The van der Waals surface area contributed by atoms with E-state index in [9.17, 15) is 23.9 Å². The summed E-state index contributed by atoms with van der Waals surface area (Å²) in [6.45, 7) is 15.9. The second-order valence-electron chi connectivity index (χ2n) is 23.0. The number of pyridine rings is 1. The van der Waals surface area contributed by atoms with Crippen molar-refractivity contribution in [2.45, 2.75) is 123 Å². The lowest BCUT2D eigenvalue weighted by Gasteiger charge is -2.35. The molecule has 0 radical (unpaired) electrons. The summed E-state index contributed by atoms with van der Waals surface area (Å²) in [5, 5.41) is 33.4. The highest BCUT2D eigenvalue weighted by atomic mass is 32.1. The third-order valence-electron chi connectivity index (χ3n) is 15.3. The highest BCUT2D eigenvalue weighted by molar-refractivity contribution is 7.13. The van der Waals surface area contributed by atoms with Gasteiger partial charge in [0.25, 0.3) is 5.91 Å². The number of alkyl halides is 1. The predicted octanol–water partition coefficient (Wildman–Crippen LogP) is 7.77. The first-order valence-electron chi connectivity index (χ1n) is 28.7. The zero-order chi connectivity index (χ0) is 58.3. The summed E-state index contributed by atoms with van der Waals surface area (Å²) >= 11 is 1.51. The summed E-state index contributed by atoms with van der Waals surface area (Å²) < 4.78 is 40.9. The normalized spacial score (nSPS) is 18.1. The summed E-state index contributed by atoms with van der Waals surface area (Å²) in [4.78, 5) is 61.8. The zero-order valence-corrected chi connectivity index (χ0v) is 48.8. The number of nitrogens with one attached hydrogen (secondary N) is 5. The number of benzene rings is 3. The Balaban J connectivity index is 0.694. The van der Waals surface area contributed by atoms with Crippen LogP contribution in [0.4, 0.5) is 16.0 Å². The second-order valence-corrected chi connectivity index (χ2v) is 23.8. The van der Waals surface area contributed by atoms with Gasteiger partial charge in [0.1, 0.15) is 30.5 Å². The molecule has 1 unspecified atom stereocenters. The number of rotatable bonds is 25. The molecule has 2 saturated heterocycles. The fraction of sp³-hybridized carbons (Fsp3) is 0.475. The molecule has 2 aliphatic heterocycles. The molecular weight excluding hydrogens is 1080 g/mol. The molecule has 83 heavy (non-hydrogen) atoms. The fourth-order valence-electron chi connectivity index (χ4n) is 10.5. The first-order chi connectivity index (χ1) is 40.0. The van der Waals surface area contributed by atoms with E-state index in [1.54, 1.807) is 30.8 Å². The van der Waals surface area contributed by atoms with Crippen molar-refractivity contribution >= 4 is 57.1 Å². The number of fused-ring (bicyclic) bond motifs is 2. The third-order valence-corrected chi connectivity index (χ3v) is 16.3. The minimum absolute atomic E-state index is 0.000511. The average molecular weight is 1160 g/mol. The minimum Gasteiger partial charge on any atom is -0.491 e. The maximum atomic E-state index is 14.7. The van der Waals surface area contributed by atoms with E-state index in [2.05, 4.69) is 80.8 Å². The van der Waals surface area contributed by atoms with Crippen LogP contribution in [-0.4, -0.2) is 146 Å². The molecule has 3 fully saturated rings. The molecule has 440 valence electrons. The molecule has 10 rings (SSSR count). The van der Waals surface area contributed by atoms with Gasteiger partial charge < -0.3 is 55.5 Å². The lowest BCUT2D eigenvalue weighted by Crippen LogP contribution is -2.59. The Bertz CT molecular complexity index is 3410. The number of halogens is 1. The van der Waals surface area contributed by atoms with Crippen molar-refractivity contribution in [3.63, 3.8) is 0 Å². The molecule has 3 aromatic carbocycles. The second kappa shape index (κ2) is 26.0. The van der Waals surface area contributed by atoms with Gasteiger partial charge in [-0.25, -0.2) is 9.37 Å². The molecule has 0 spiro atoms. The minimum atomic E-state index is -1.98. The Morgan fingerprint density at radius 3 is 2.51 bits per heavy atom. The van der Waals surface area contributed by atoms with E-state index in [1.165, 1.54) is 16.2 Å².